The molecule has 27 heavy (non-hydrogen) atoms. The number of aromatic amines is 1. The van der Waals surface area contributed by atoms with Crippen LogP contribution in [0.25, 0.3) is 0 Å². The van der Waals surface area contributed by atoms with Crippen molar-refractivity contribution in [3.8, 4) is 0 Å². The maximum atomic E-state index is 12.2. The van der Waals surface area contributed by atoms with Crippen LogP contribution in [0.1, 0.15) is 29.7 Å². The minimum Gasteiger partial charge on any atom is -0.394 e. The van der Waals surface area contributed by atoms with Crippen molar-refractivity contribution in [2.45, 2.75) is 37.2 Å². The van der Waals surface area contributed by atoms with Gasteiger partial charge in [-0.05, 0) is 12.0 Å². The number of hydrogen-bond acceptors (Lipinski definition) is 6. The largest absolute Gasteiger partial charge is 0.394 e. The zero-order chi connectivity index (χ0) is 19.6. The van der Waals surface area contributed by atoms with Gasteiger partial charge in [0.1, 0.15) is 12.3 Å². The predicted molar refractivity (Wildman–Crippen MR) is 95.0 cm³/mol. The van der Waals surface area contributed by atoms with Gasteiger partial charge in [-0.15, -0.1) is 0 Å². The predicted octanol–water partition coefficient (Wildman–Crippen LogP) is -1.01. The van der Waals surface area contributed by atoms with Crippen LogP contribution in [0.2, 0.25) is 0 Å². The third kappa shape index (κ3) is 4.00. The van der Waals surface area contributed by atoms with Crippen molar-refractivity contribution in [3.05, 3.63) is 68.5 Å². The van der Waals surface area contributed by atoms with Gasteiger partial charge in [-0.1, -0.05) is 30.3 Å². The Morgan fingerprint density at radius 2 is 2.04 bits per heavy atom. The molecule has 3 rings (SSSR count). The molecule has 2 unspecified atom stereocenters. The molecule has 2 heterocycles. The molecule has 1 aliphatic heterocycles. The number of aliphatic hydroxyl groups excluding tert-OH is 2. The van der Waals surface area contributed by atoms with E-state index in [-0.39, 0.29) is 25.0 Å². The average molecular weight is 375 g/mol. The monoisotopic (exact) mass is 375 g/mol. The first-order chi connectivity index (χ1) is 12.9. The van der Waals surface area contributed by atoms with E-state index < -0.39 is 41.5 Å². The number of rotatable bonds is 6. The molecule has 5 N–H and O–H groups in total. The highest BCUT2D eigenvalue weighted by Gasteiger charge is 2.35. The topological polar surface area (TPSA) is 148 Å². The Morgan fingerprint density at radius 1 is 1.33 bits per heavy atom. The van der Waals surface area contributed by atoms with Gasteiger partial charge in [-0.3, -0.25) is 19.1 Å². The van der Waals surface area contributed by atoms with Gasteiger partial charge in [-0.2, -0.15) is 0 Å². The van der Waals surface area contributed by atoms with Crippen LogP contribution in [0.3, 0.4) is 0 Å². The van der Waals surface area contributed by atoms with Crippen molar-refractivity contribution in [1.29, 1.82) is 0 Å². The number of benzene rings is 1. The van der Waals surface area contributed by atoms with Crippen molar-refractivity contribution < 1.29 is 19.7 Å². The highest BCUT2D eigenvalue weighted by Crippen LogP contribution is 2.27. The van der Waals surface area contributed by atoms with Gasteiger partial charge in [0.15, 0.2) is 0 Å². The van der Waals surface area contributed by atoms with Gasteiger partial charge >= 0.3 is 5.69 Å². The molecule has 1 aromatic heterocycles. The Labute approximate surface area is 154 Å². The van der Waals surface area contributed by atoms with Gasteiger partial charge < -0.3 is 20.7 Å². The summed E-state index contributed by atoms with van der Waals surface area (Å²) in [4.78, 5) is 38.5. The molecule has 4 atom stereocenters. The molecule has 0 spiro atoms. The molecule has 1 aromatic carbocycles. The summed E-state index contributed by atoms with van der Waals surface area (Å²) in [5.41, 5.74) is 5.04. The van der Waals surface area contributed by atoms with E-state index in [0.29, 0.717) is 5.56 Å². The van der Waals surface area contributed by atoms with E-state index in [1.807, 2.05) is 0 Å². The molecule has 0 aliphatic carbocycles. The van der Waals surface area contributed by atoms with Crippen LogP contribution in [0.15, 0.2) is 46.1 Å². The molecule has 0 radical (unpaired) electrons. The Morgan fingerprint density at radius 3 is 2.63 bits per heavy atom. The molecule has 1 amide bonds. The number of ether oxygens (including phenoxy) is 1. The smallest absolute Gasteiger partial charge is 0.330 e. The van der Waals surface area contributed by atoms with Gasteiger partial charge in [0, 0.05) is 18.2 Å². The summed E-state index contributed by atoms with van der Waals surface area (Å²) < 4.78 is 6.62. The Hall–Kier alpha value is -2.75. The van der Waals surface area contributed by atoms with Crippen molar-refractivity contribution in [1.82, 2.24) is 9.55 Å². The minimum absolute atomic E-state index is 0.00760. The highest BCUT2D eigenvalue weighted by atomic mass is 16.5. The van der Waals surface area contributed by atoms with Crippen LogP contribution in [0.5, 0.6) is 0 Å². The van der Waals surface area contributed by atoms with Crippen LogP contribution in [-0.4, -0.2) is 44.5 Å². The van der Waals surface area contributed by atoms with Crippen LogP contribution in [-0.2, 0) is 16.0 Å². The van der Waals surface area contributed by atoms with Gasteiger partial charge in [0.25, 0.3) is 5.56 Å². The lowest BCUT2D eigenvalue weighted by atomic mass is 9.92. The lowest BCUT2D eigenvalue weighted by Crippen LogP contribution is -2.35. The second-order valence-electron chi connectivity index (χ2n) is 6.51. The van der Waals surface area contributed by atoms with E-state index in [1.54, 1.807) is 30.3 Å². The molecule has 9 heteroatoms. The summed E-state index contributed by atoms with van der Waals surface area (Å²) in [5.74, 6) is -1.33. The molecule has 144 valence electrons. The maximum Gasteiger partial charge on any atom is 0.330 e. The molecule has 0 bridgehead atoms. The van der Waals surface area contributed by atoms with Crippen LogP contribution in [0, 0.1) is 0 Å². The zero-order valence-electron chi connectivity index (χ0n) is 14.4. The number of aliphatic hydroxyl groups is 2. The minimum atomic E-state index is -0.926. The van der Waals surface area contributed by atoms with Gasteiger partial charge in [-0.25, -0.2) is 4.79 Å². The number of carbonyl (C=O) groups excluding carboxylic acids is 1. The van der Waals surface area contributed by atoms with E-state index in [2.05, 4.69) is 4.98 Å². The molecule has 0 saturated carbocycles. The number of amides is 1. The van der Waals surface area contributed by atoms with Crippen molar-refractivity contribution in [3.63, 3.8) is 0 Å². The lowest BCUT2D eigenvalue weighted by molar-refractivity contribution is -0.119. The number of primary amides is 1. The Bertz CT molecular complexity index is 923. The quantitative estimate of drug-likeness (QED) is 0.508. The number of hydrogen-bond donors (Lipinski definition) is 4. The molecular weight excluding hydrogens is 354 g/mol. The molecular formula is C18H21N3O6. The number of carbonyl (C=O) groups is 1. The van der Waals surface area contributed by atoms with E-state index in [1.165, 1.54) is 6.20 Å². The summed E-state index contributed by atoms with van der Waals surface area (Å²) in [5, 5.41) is 19.1. The standard InChI is InChI=1S/C18H21N3O6/c19-16(24)12(10-4-2-1-3-5-10)6-11-8-21(18(26)20-17(11)25)15-7-13(23)14(9-22)27-15/h1-5,8,12-15,22-23H,6-7,9H2,(H2,19,24)(H,20,25,26)/t12?,13?,14-,15-/m0/s1. The third-order valence-electron chi connectivity index (χ3n) is 4.71. The number of H-pyrrole nitrogens is 1. The van der Waals surface area contributed by atoms with Crippen molar-refractivity contribution in [2.75, 3.05) is 6.61 Å². The highest BCUT2D eigenvalue weighted by molar-refractivity contribution is 5.82. The molecule has 1 fully saturated rings. The first-order valence-corrected chi connectivity index (χ1v) is 8.53. The first kappa shape index (κ1) is 19.0. The van der Waals surface area contributed by atoms with Gasteiger partial charge in [0.05, 0.1) is 18.6 Å². The molecule has 9 nitrogen and oxygen atoms in total. The Balaban J connectivity index is 1.93. The van der Waals surface area contributed by atoms with Crippen molar-refractivity contribution >= 4 is 5.91 Å². The maximum absolute atomic E-state index is 12.2. The first-order valence-electron chi connectivity index (χ1n) is 8.53. The van der Waals surface area contributed by atoms with E-state index in [4.69, 9.17) is 10.5 Å². The fourth-order valence-electron chi connectivity index (χ4n) is 3.22. The number of nitrogens with zero attached hydrogens (tertiary/aromatic N) is 1. The average Bonchev–Trinajstić information content (AvgIpc) is 3.02. The van der Waals surface area contributed by atoms with Crippen molar-refractivity contribution in [2.24, 2.45) is 5.73 Å². The molecule has 1 aliphatic rings. The number of aromatic nitrogens is 2. The second kappa shape index (κ2) is 7.87. The summed E-state index contributed by atoms with van der Waals surface area (Å²) >= 11 is 0. The van der Waals surface area contributed by atoms with Crippen LogP contribution >= 0.6 is 0 Å². The zero-order valence-corrected chi connectivity index (χ0v) is 14.4. The molecule has 2 aromatic rings. The van der Waals surface area contributed by atoms with Gasteiger partial charge in [0.2, 0.25) is 5.91 Å². The van der Waals surface area contributed by atoms with E-state index in [0.717, 1.165) is 4.57 Å². The number of nitrogens with one attached hydrogen (secondary N) is 1. The summed E-state index contributed by atoms with van der Waals surface area (Å²) in [6.45, 7) is -0.389. The fraction of sp³-hybridized carbons (Fsp3) is 0.389. The molecule has 1 saturated heterocycles. The SMILES string of the molecule is NC(=O)C(Cc1cn([C@@H]2CC(O)[C@H](CO)O2)c(=O)[nH]c1=O)c1ccccc1. The van der Waals surface area contributed by atoms with Crippen LogP contribution < -0.4 is 17.0 Å². The van der Waals surface area contributed by atoms with Crippen LogP contribution in [0.4, 0.5) is 0 Å². The van der Waals surface area contributed by atoms with E-state index in [9.17, 15) is 24.6 Å². The number of nitrogens with two attached hydrogens (primary N) is 1. The normalized spacial score (nSPS) is 23.3. The third-order valence-corrected chi connectivity index (χ3v) is 4.71. The fourth-order valence-corrected chi connectivity index (χ4v) is 3.22. The Kier molecular flexibility index (Phi) is 5.54. The lowest BCUT2D eigenvalue weighted by Gasteiger charge is -2.17. The summed E-state index contributed by atoms with van der Waals surface area (Å²) in [6.07, 6.45) is -1.15. The second-order valence-corrected chi connectivity index (χ2v) is 6.51. The van der Waals surface area contributed by atoms with E-state index >= 15 is 0 Å². The summed E-state index contributed by atoms with van der Waals surface area (Å²) in [6, 6.07) is 8.80. The summed E-state index contributed by atoms with van der Waals surface area (Å²) in [7, 11) is 0.